The number of nitrogens with zero attached hydrogens (tertiary/aromatic N) is 2. The molecule has 1 aliphatic heterocycles. The lowest BCUT2D eigenvalue weighted by Gasteiger charge is -2.32. The zero-order valence-corrected chi connectivity index (χ0v) is 9.89. The van der Waals surface area contributed by atoms with Crippen molar-refractivity contribution in [2.45, 2.75) is 12.6 Å². The minimum Gasteiger partial charge on any atom is -0.480 e. The summed E-state index contributed by atoms with van der Waals surface area (Å²) >= 11 is 1.36. The molecule has 6 heteroatoms. The Morgan fingerprint density at radius 2 is 2.41 bits per heavy atom. The summed E-state index contributed by atoms with van der Waals surface area (Å²) in [5.74, 6) is -0.314. The van der Waals surface area contributed by atoms with Gasteiger partial charge < -0.3 is 10.0 Å². The van der Waals surface area contributed by atoms with Crippen LogP contribution in [0.4, 0.5) is 0 Å². The number of aliphatic carboxylic acids is 1. The van der Waals surface area contributed by atoms with E-state index >= 15 is 0 Å². The monoisotopic (exact) mass is 252 g/mol. The molecule has 1 aromatic rings. The van der Waals surface area contributed by atoms with Crippen LogP contribution in [-0.2, 0) is 16.1 Å². The molecular weight excluding hydrogens is 240 g/mol. The molecule has 2 heterocycles. The molecular formula is C11H12N2O3S. The number of hydrogen-bond donors (Lipinski definition) is 1. The summed E-state index contributed by atoms with van der Waals surface area (Å²) in [7, 11) is 0. The molecule has 1 N–H and O–H groups in total. The average molecular weight is 252 g/mol. The largest absolute Gasteiger partial charge is 0.480 e. The van der Waals surface area contributed by atoms with Crippen molar-refractivity contribution in [2.24, 2.45) is 0 Å². The van der Waals surface area contributed by atoms with Crippen molar-refractivity contribution in [2.75, 3.05) is 11.5 Å². The van der Waals surface area contributed by atoms with Crippen LogP contribution in [0.5, 0.6) is 0 Å². The summed E-state index contributed by atoms with van der Waals surface area (Å²) in [6.45, 7) is 0.261. The Balaban J connectivity index is 2.15. The van der Waals surface area contributed by atoms with E-state index in [-0.39, 0.29) is 12.5 Å². The Bertz CT molecular complexity index is 424. The third-order valence-electron chi connectivity index (χ3n) is 2.54. The minimum absolute atomic E-state index is 0.140. The first-order valence-corrected chi connectivity index (χ1v) is 6.34. The van der Waals surface area contributed by atoms with Crippen molar-refractivity contribution >= 4 is 23.6 Å². The number of carbonyl (C=O) groups is 2. The Morgan fingerprint density at radius 1 is 1.59 bits per heavy atom. The maximum atomic E-state index is 11.7. The van der Waals surface area contributed by atoms with Gasteiger partial charge in [0.2, 0.25) is 5.91 Å². The summed E-state index contributed by atoms with van der Waals surface area (Å²) in [6.07, 6.45) is 1.63. The zero-order valence-electron chi connectivity index (χ0n) is 9.07. The van der Waals surface area contributed by atoms with Crippen molar-refractivity contribution in [1.82, 2.24) is 9.88 Å². The van der Waals surface area contributed by atoms with E-state index in [0.29, 0.717) is 17.2 Å². The second kappa shape index (κ2) is 5.18. The zero-order chi connectivity index (χ0) is 12.3. The van der Waals surface area contributed by atoms with Crippen LogP contribution in [0, 0.1) is 0 Å². The molecule has 1 fully saturated rings. The van der Waals surface area contributed by atoms with E-state index in [2.05, 4.69) is 4.98 Å². The van der Waals surface area contributed by atoms with Crippen molar-refractivity contribution in [3.8, 4) is 0 Å². The van der Waals surface area contributed by atoms with Crippen LogP contribution in [0.1, 0.15) is 5.69 Å². The SMILES string of the molecule is O=C(O)C1CSCC(=O)N1Cc1ccccn1. The fourth-order valence-corrected chi connectivity index (χ4v) is 2.68. The highest BCUT2D eigenvalue weighted by atomic mass is 32.2. The van der Waals surface area contributed by atoms with Crippen molar-refractivity contribution in [3.63, 3.8) is 0 Å². The van der Waals surface area contributed by atoms with Crippen LogP contribution in [-0.4, -0.2) is 44.4 Å². The lowest BCUT2D eigenvalue weighted by atomic mass is 10.2. The van der Waals surface area contributed by atoms with Gasteiger partial charge in [-0.3, -0.25) is 9.78 Å². The Morgan fingerprint density at radius 3 is 3.06 bits per heavy atom. The molecule has 0 bridgehead atoms. The number of amides is 1. The first-order valence-electron chi connectivity index (χ1n) is 5.18. The maximum Gasteiger partial charge on any atom is 0.327 e. The molecule has 1 aromatic heterocycles. The predicted octanol–water partition coefficient (Wildman–Crippen LogP) is 0.610. The summed E-state index contributed by atoms with van der Waals surface area (Å²) in [4.78, 5) is 28.3. The van der Waals surface area contributed by atoms with E-state index in [1.807, 2.05) is 6.07 Å². The molecule has 0 aromatic carbocycles. The number of thioether (sulfide) groups is 1. The Kier molecular flexibility index (Phi) is 3.63. The van der Waals surface area contributed by atoms with Crippen LogP contribution < -0.4 is 0 Å². The van der Waals surface area contributed by atoms with Gasteiger partial charge in [0.15, 0.2) is 0 Å². The molecule has 1 atom stereocenters. The molecule has 1 aliphatic rings. The van der Waals surface area contributed by atoms with E-state index < -0.39 is 12.0 Å². The summed E-state index contributed by atoms with van der Waals surface area (Å²) in [5.41, 5.74) is 0.707. The summed E-state index contributed by atoms with van der Waals surface area (Å²) in [6, 6.07) is 4.64. The topological polar surface area (TPSA) is 70.5 Å². The minimum atomic E-state index is -0.957. The van der Waals surface area contributed by atoms with Crippen LogP contribution in [0.15, 0.2) is 24.4 Å². The van der Waals surface area contributed by atoms with Gasteiger partial charge >= 0.3 is 5.97 Å². The molecule has 0 aliphatic carbocycles. The summed E-state index contributed by atoms with van der Waals surface area (Å²) in [5, 5.41) is 9.08. The van der Waals surface area contributed by atoms with Crippen LogP contribution in [0.3, 0.4) is 0 Å². The van der Waals surface area contributed by atoms with Gasteiger partial charge in [-0.25, -0.2) is 4.79 Å². The van der Waals surface area contributed by atoms with Crippen LogP contribution >= 0.6 is 11.8 Å². The molecule has 90 valence electrons. The standard InChI is InChI=1S/C11H12N2O3S/c14-10-7-17-6-9(11(15)16)13(10)5-8-3-1-2-4-12-8/h1-4,9H,5-7H2,(H,15,16). The van der Waals surface area contributed by atoms with E-state index in [0.717, 1.165) is 0 Å². The number of pyridine rings is 1. The first kappa shape index (κ1) is 11.9. The van der Waals surface area contributed by atoms with Gasteiger partial charge in [0, 0.05) is 11.9 Å². The fraction of sp³-hybridized carbons (Fsp3) is 0.364. The van der Waals surface area contributed by atoms with Gasteiger partial charge in [-0.05, 0) is 12.1 Å². The van der Waals surface area contributed by atoms with Gasteiger partial charge in [-0.2, -0.15) is 0 Å². The number of hydrogen-bond acceptors (Lipinski definition) is 4. The highest BCUT2D eigenvalue weighted by Gasteiger charge is 2.33. The van der Waals surface area contributed by atoms with Crippen molar-refractivity contribution < 1.29 is 14.7 Å². The third-order valence-corrected chi connectivity index (χ3v) is 3.54. The van der Waals surface area contributed by atoms with Gasteiger partial charge in [0.25, 0.3) is 0 Å². The number of rotatable bonds is 3. The van der Waals surface area contributed by atoms with Gasteiger partial charge in [0.1, 0.15) is 6.04 Å². The van der Waals surface area contributed by atoms with Gasteiger partial charge in [-0.1, -0.05) is 6.07 Å². The molecule has 0 radical (unpaired) electrons. The second-order valence-corrected chi connectivity index (χ2v) is 4.74. The van der Waals surface area contributed by atoms with Gasteiger partial charge in [0.05, 0.1) is 18.0 Å². The predicted molar refractivity (Wildman–Crippen MR) is 63.5 cm³/mol. The summed E-state index contributed by atoms with van der Waals surface area (Å²) < 4.78 is 0. The molecule has 1 unspecified atom stereocenters. The maximum absolute atomic E-state index is 11.7. The van der Waals surface area contributed by atoms with E-state index in [1.165, 1.54) is 16.7 Å². The average Bonchev–Trinajstić information content (AvgIpc) is 2.33. The number of carboxylic acids is 1. The molecule has 0 saturated carbocycles. The third kappa shape index (κ3) is 2.76. The van der Waals surface area contributed by atoms with E-state index in [4.69, 9.17) is 5.11 Å². The quantitative estimate of drug-likeness (QED) is 0.853. The fourth-order valence-electron chi connectivity index (χ4n) is 1.67. The van der Waals surface area contributed by atoms with Crippen LogP contribution in [0.2, 0.25) is 0 Å². The van der Waals surface area contributed by atoms with Crippen molar-refractivity contribution in [1.29, 1.82) is 0 Å². The van der Waals surface area contributed by atoms with Crippen LogP contribution in [0.25, 0.3) is 0 Å². The highest BCUT2D eigenvalue weighted by Crippen LogP contribution is 2.19. The first-order chi connectivity index (χ1) is 8.18. The van der Waals surface area contributed by atoms with E-state index in [9.17, 15) is 9.59 Å². The molecule has 17 heavy (non-hydrogen) atoms. The van der Waals surface area contributed by atoms with E-state index in [1.54, 1.807) is 18.3 Å². The number of aromatic nitrogens is 1. The molecule has 1 saturated heterocycles. The molecule has 2 rings (SSSR count). The number of carboxylic acid groups (broad SMARTS) is 1. The van der Waals surface area contributed by atoms with Gasteiger partial charge in [-0.15, -0.1) is 11.8 Å². The highest BCUT2D eigenvalue weighted by molar-refractivity contribution is 8.00. The Hall–Kier alpha value is -1.56. The van der Waals surface area contributed by atoms with Crippen molar-refractivity contribution in [3.05, 3.63) is 30.1 Å². The smallest absolute Gasteiger partial charge is 0.327 e. The second-order valence-electron chi connectivity index (χ2n) is 3.71. The Labute approximate surface area is 103 Å². The lowest BCUT2D eigenvalue weighted by molar-refractivity contribution is -0.149. The lowest BCUT2D eigenvalue weighted by Crippen LogP contribution is -2.50. The molecule has 5 nitrogen and oxygen atoms in total. The molecule has 0 spiro atoms. The number of carbonyl (C=O) groups excluding carboxylic acids is 1. The molecule has 1 amide bonds. The normalized spacial score (nSPS) is 20.4.